The Kier molecular flexibility index (Phi) is 23.9. The lowest BCUT2D eigenvalue weighted by molar-refractivity contribution is -0.147. The summed E-state index contributed by atoms with van der Waals surface area (Å²) in [5.41, 5.74) is 12.4. The number of aliphatic hydroxyl groups excluding tert-OH is 2. The number of unbranched alkanes of at least 4 members (excludes halogenated alkanes) is 12. The number of amides is 5. The van der Waals surface area contributed by atoms with E-state index >= 15 is 0 Å². The fraction of sp³-hybridized carbons (Fsp3) is 0.617. The van der Waals surface area contributed by atoms with Crippen molar-refractivity contribution in [2.45, 2.75) is 147 Å². The molecule has 1 unspecified atom stereocenters. The monoisotopic (exact) mass is 927 g/mol. The number of esters is 1. The second-order valence-corrected chi connectivity index (χ2v) is 17.1. The summed E-state index contributed by atoms with van der Waals surface area (Å²) in [4.78, 5) is 82.0. The van der Waals surface area contributed by atoms with E-state index in [-0.39, 0.29) is 60.1 Å². The number of ether oxygens (including phenoxy) is 1. The normalized spacial score (nSPS) is 18.2. The van der Waals surface area contributed by atoms with Crippen LogP contribution in [0.3, 0.4) is 0 Å². The number of rotatable bonds is 25. The van der Waals surface area contributed by atoms with Gasteiger partial charge in [0.2, 0.25) is 23.6 Å². The molecule has 0 saturated heterocycles. The molecule has 66 heavy (non-hydrogen) atoms. The van der Waals surface area contributed by atoms with Crippen LogP contribution < -0.4 is 32.7 Å². The third kappa shape index (κ3) is 17.1. The Hall–Kier alpha value is -5.34. The molecule has 1 aliphatic rings. The molecule has 0 radical (unpaired) electrons. The minimum atomic E-state index is -1.69. The SMILES string of the molecule is CCCCCCCCCCCCCCCC(=O)N(C)[C@H](CO)C(=O)N[C@H](N)C(=O)NCC(=O)N(C)[C@@H]1C(=O)N[C@@H](C)C(O)N[C@H](C(=O)OCCN)Cc2ccc(O)c(c2)-c2cc1ccc2O. The van der Waals surface area contributed by atoms with E-state index in [0.717, 1.165) is 35.5 Å². The molecular weight excluding hydrogens is 853 g/mol. The molecule has 1 aliphatic heterocycles. The van der Waals surface area contributed by atoms with Crippen molar-refractivity contribution in [3.63, 3.8) is 0 Å². The summed E-state index contributed by atoms with van der Waals surface area (Å²) in [6, 6.07) is 3.56. The summed E-state index contributed by atoms with van der Waals surface area (Å²) in [6.45, 7) is 2.21. The third-order valence-electron chi connectivity index (χ3n) is 11.8. The summed E-state index contributed by atoms with van der Waals surface area (Å²) >= 11 is 0. The fourth-order valence-electron chi connectivity index (χ4n) is 7.74. The van der Waals surface area contributed by atoms with Crippen LogP contribution >= 0.6 is 0 Å². The molecule has 0 fully saturated rings. The van der Waals surface area contributed by atoms with Crippen molar-refractivity contribution in [1.82, 2.24) is 31.1 Å². The zero-order chi connectivity index (χ0) is 48.8. The maximum Gasteiger partial charge on any atom is 0.323 e. The number of carbonyl (C=O) groups excluding carboxylic acids is 6. The average molecular weight is 927 g/mol. The van der Waals surface area contributed by atoms with Crippen LogP contribution in [0.15, 0.2) is 36.4 Å². The highest BCUT2D eigenvalue weighted by Gasteiger charge is 2.34. The zero-order valence-electron chi connectivity index (χ0n) is 39.1. The van der Waals surface area contributed by atoms with Crippen LogP contribution in [-0.4, -0.2) is 137 Å². The number of likely N-dealkylation sites (N-methyl/N-ethyl adjacent to an activating group) is 2. The maximum absolute atomic E-state index is 14.0. The molecule has 368 valence electrons. The lowest BCUT2D eigenvalue weighted by Gasteiger charge is -2.32. The molecule has 1 heterocycles. The van der Waals surface area contributed by atoms with Gasteiger partial charge in [-0.05, 0) is 55.2 Å². The van der Waals surface area contributed by atoms with Crippen LogP contribution in [0.4, 0.5) is 0 Å². The number of aliphatic hydroxyl groups is 2. The van der Waals surface area contributed by atoms with Crippen LogP contribution in [0.25, 0.3) is 11.1 Å². The zero-order valence-corrected chi connectivity index (χ0v) is 39.1. The van der Waals surface area contributed by atoms with Crippen molar-refractivity contribution in [2.24, 2.45) is 11.5 Å². The second kappa shape index (κ2) is 28.6. The van der Waals surface area contributed by atoms with Crippen molar-refractivity contribution >= 4 is 35.5 Å². The number of nitrogens with one attached hydrogen (secondary N) is 4. The minimum absolute atomic E-state index is 0.0217. The van der Waals surface area contributed by atoms with Gasteiger partial charge in [-0.25, -0.2) is 0 Å². The van der Waals surface area contributed by atoms with E-state index in [1.807, 2.05) is 0 Å². The average Bonchev–Trinajstić information content (AvgIpc) is 3.29. The minimum Gasteiger partial charge on any atom is -0.507 e. The molecule has 2 aromatic carbocycles. The Morgan fingerprint density at radius 2 is 1.42 bits per heavy atom. The Bertz CT molecular complexity index is 1900. The molecule has 19 heteroatoms. The number of hydrogen-bond donors (Lipinski definition) is 10. The van der Waals surface area contributed by atoms with Gasteiger partial charge in [-0.1, -0.05) is 96.1 Å². The van der Waals surface area contributed by atoms with Crippen LogP contribution in [0.5, 0.6) is 11.5 Å². The summed E-state index contributed by atoms with van der Waals surface area (Å²) in [5.74, 6) is -5.07. The lowest BCUT2D eigenvalue weighted by Crippen LogP contribution is -2.59. The highest BCUT2D eigenvalue weighted by atomic mass is 16.5. The van der Waals surface area contributed by atoms with Crippen molar-refractivity contribution in [2.75, 3.05) is 40.4 Å². The smallest absolute Gasteiger partial charge is 0.323 e. The van der Waals surface area contributed by atoms with E-state index in [4.69, 9.17) is 16.2 Å². The molecule has 2 aromatic rings. The van der Waals surface area contributed by atoms with Gasteiger partial charge in [0.15, 0.2) is 6.17 Å². The van der Waals surface area contributed by atoms with Gasteiger partial charge in [0.25, 0.3) is 5.91 Å². The molecule has 0 spiro atoms. The number of nitrogens with two attached hydrogens (primary N) is 2. The number of benzene rings is 2. The molecule has 12 N–H and O–H groups in total. The van der Waals surface area contributed by atoms with Gasteiger partial charge in [0, 0.05) is 38.2 Å². The predicted molar refractivity (Wildman–Crippen MR) is 248 cm³/mol. The molecule has 0 saturated carbocycles. The Labute approximate surface area is 388 Å². The molecule has 19 nitrogen and oxygen atoms in total. The molecule has 0 aromatic heterocycles. The number of aromatic hydroxyl groups is 2. The van der Waals surface area contributed by atoms with Gasteiger partial charge in [0.05, 0.1) is 19.2 Å². The summed E-state index contributed by atoms with van der Waals surface area (Å²) in [5, 5.41) is 53.0. The standard InChI is InChI=1S/C47H74N8O11/c1-5-6-7-8-9-10-11-12-13-14-15-16-17-18-39(59)54(3)36(29-56)44(62)53-42(49)46(64)50-28-40(60)55(4)41-32-20-22-38(58)34(27-32)33-25-31(19-21-37(33)57)26-35(47(65)66-24-23-48)52-43(61)30(2)51-45(41)63/h19-22,25,27,30,35-36,41-43,52,56-58,61H,5-18,23-24,26,28-29,48-49H2,1-4H3,(H,50,64)(H,51,63)(H,53,62)/t30-,35-,36+,41-,42-,43?/m0/s1. The van der Waals surface area contributed by atoms with Gasteiger partial charge in [-0.15, -0.1) is 0 Å². The van der Waals surface area contributed by atoms with Crippen LogP contribution in [0.1, 0.15) is 121 Å². The van der Waals surface area contributed by atoms with Crippen molar-refractivity contribution in [3.05, 3.63) is 47.5 Å². The van der Waals surface area contributed by atoms with Gasteiger partial charge in [0.1, 0.15) is 42.5 Å². The quantitative estimate of drug-likeness (QED) is 0.0387. The number of hydrogen-bond acceptors (Lipinski definition) is 14. The van der Waals surface area contributed by atoms with E-state index in [0.29, 0.717) is 12.0 Å². The number of fused-ring (bicyclic) bond motifs is 5. The lowest BCUT2D eigenvalue weighted by atomic mass is 9.94. The molecular formula is C47H74N8O11. The highest BCUT2D eigenvalue weighted by molar-refractivity contribution is 5.94. The first-order chi connectivity index (χ1) is 31.5. The molecule has 6 atom stereocenters. The fourth-order valence-corrected chi connectivity index (χ4v) is 7.74. The topological polar surface area (TPSA) is 299 Å². The van der Waals surface area contributed by atoms with Crippen molar-refractivity contribution in [1.29, 1.82) is 0 Å². The van der Waals surface area contributed by atoms with E-state index < -0.39 is 79.3 Å². The van der Waals surface area contributed by atoms with E-state index in [2.05, 4.69) is 28.2 Å². The highest BCUT2D eigenvalue weighted by Crippen LogP contribution is 2.38. The second-order valence-electron chi connectivity index (χ2n) is 17.1. The maximum atomic E-state index is 14.0. The molecule has 3 rings (SSSR count). The first kappa shape index (κ1) is 55.0. The first-order valence-electron chi connectivity index (χ1n) is 23.3. The first-order valence-corrected chi connectivity index (χ1v) is 23.3. The molecule has 0 aliphatic carbocycles. The summed E-state index contributed by atoms with van der Waals surface area (Å²) < 4.78 is 5.23. The Balaban J connectivity index is 1.63. The number of nitrogens with zero attached hydrogens (tertiary/aromatic N) is 2. The van der Waals surface area contributed by atoms with Crippen molar-refractivity contribution < 1.29 is 53.9 Å². The summed E-state index contributed by atoms with van der Waals surface area (Å²) in [7, 11) is 2.67. The van der Waals surface area contributed by atoms with Crippen LogP contribution in [0, 0.1) is 0 Å². The van der Waals surface area contributed by atoms with Gasteiger partial charge in [-0.3, -0.25) is 34.1 Å². The van der Waals surface area contributed by atoms with E-state index in [1.54, 1.807) is 6.07 Å². The number of phenolic OH excluding ortho intramolecular Hbond substituents is 2. The van der Waals surface area contributed by atoms with Gasteiger partial charge < -0.3 is 62.4 Å². The number of carbonyl (C=O) groups is 6. The molecule has 4 bridgehead atoms. The van der Waals surface area contributed by atoms with E-state index in [9.17, 15) is 49.2 Å². The van der Waals surface area contributed by atoms with Gasteiger partial charge in [-0.2, -0.15) is 0 Å². The third-order valence-corrected chi connectivity index (χ3v) is 11.8. The Morgan fingerprint density at radius 3 is 2.02 bits per heavy atom. The summed E-state index contributed by atoms with van der Waals surface area (Å²) in [6.07, 6.45) is 12.0. The number of phenols is 2. The van der Waals surface area contributed by atoms with E-state index in [1.165, 1.54) is 103 Å². The Morgan fingerprint density at radius 1 is 0.848 bits per heavy atom. The van der Waals surface area contributed by atoms with Gasteiger partial charge >= 0.3 is 5.97 Å². The van der Waals surface area contributed by atoms with Crippen LogP contribution in [0.2, 0.25) is 0 Å². The molecule has 5 amide bonds. The predicted octanol–water partition coefficient (Wildman–Crippen LogP) is 1.92. The largest absolute Gasteiger partial charge is 0.507 e. The van der Waals surface area contributed by atoms with Crippen LogP contribution in [-0.2, 0) is 39.9 Å². The van der Waals surface area contributed by atoms with Crippen molar-refractivity contribution in [3.8, 4) is 22.6 Å².